The Bertz CT molecular complexity index is 1010. The van der Waals surface area contributed by atoms with E-state index in [2.05, 4.69) is 10.6 Å². The second-order valence-electron chi connectivity index (χ2n) is 7.44. The lowest BCUT2D eigenvalue weighted by atomic mass is 10.0. The zero-order chi connectivity index (χ0) is 23.1. The number of esters is 1. The highest BCUT2D eigenvalue weighted by Crippen LogP contribution is 2.20. The molecular weight excluding hydrogens is 418 g/mol. The van der Waals surface area contributed by atoms with E-state index in [-0.39, 0.29) is 16.5 Å². The molecule has 7 nitrogen and oxygen atoms in total. The molecule has 2 atom stereocenters. The van der Waals surface area contributed by atoms with E-state index in [0.29, 0.717) is 11.3 Å². The highest BCUT2D eigenvalue weighted by atomic mass is 35.5. The van der Waals surface area contributed by atoms with Crippen LogP contribution in [0.5, 0.6) is 0 Å². The molecule has 0 bridgehead atoms. The van der Waals surface area contributed by atoms with Crippen LogP contribution < -0.4 is 10.6 Å². The van der Waals surface area contributed by atoms with Crippen molar-refractivity contribution >= 4 is 35.1 Å². The Labute approximate surface area is 186 Å². The zero-order valence-corrected chi connectivity index (χ0v) is 18.5. The van der Waals surface area contributed by atoms with Crippen LogP contribution in [0.4, 0.5) is 5.69 Å². The summed E-state index contributed by atoms with van der Waals surface area (Å²) < 4.78 is 5.29. The summed E-state index contributed by atoms with van der Waals surface area (Å²) in [5.74, 6) is -1.94. The Morgan fingerprint density at radius 3 is 2.26 bits per heavy atom. The van der Waals surface area contributed by atoms with Gasteiger partial charge in [-0.15, -0.1) is 0 Å². The lowest BCUT2D eigenvalue weighted by molar-refractivity contribution is -0.156. The Kier molecular flexibility index (Phi) is 8.17. The smallest absolute Gasteiger partial charge is 0.329 e. The van der Waals surface area contributed by atoms with Gasteiger partial charge in [-0.25, -0.2) is 4.79 Å². The van der Waals surface area contributed by atoms with Crippen molar-refractivity contribution in [1.29, 1.82) is 5.26 Å². The molecule has 0 aliphatic rings. The van der Waals surface area contributed by atoms with Gasteiger partial charge in [-0.1, -0.05) is 43.1 Å². The Balaban J connectivity index is 2.01. The summed E-state index contributed by atoms with van der Waals surface area (Å²) in [5.41, 5.74) is 2.08. The minimum Gasteiger partial charge on any atom is -0.451 e. The average molecular weight is 442 g/mol. The molecule has 0 aromatic heterocycles. The maximum Gasteiger partial charge on any atom is 0.329 e. The van der Waals surface area contributed by atoms with E-state index < -0.39 is 29.9 Å². The summed E-state index contributed by atoms with van der Waals surface area (Å²) in [5, 5.41) is 14.4. The van der Waals surface area contributed by atoms with Crippen LogP contribution in [-0.2, 0) is 14.3 Å². The van der Waals surface area contributed by atoms with Gasteiger partial charge in [0.1, 0.15) is 12.1 Å². The molecule has 0 heterocycles. The third-order valence-electron chi connectivity index (χ3n) is 4.54. The van der Waals surface area contributed by atoms with Crippen molar-refractivity contribution in [2.24, 2.45) is 5.92 Å². The molecule has 2 aromatic rings. The van der Waals surface area contributed by atoms with Crippen LogP contribution in [0.1, 0.15) is 42.3 Å². The summed E-state index contributed by atoms with van der Waals surface area (Å²) in [4.78, 5) is 37.5. The summed E-state index contributed by atoms with van der Waals surface area (Å²) >= 11 is 5.96. The average Bonchev–Trinajstić information content (AvgIpc) is 2.72. The van der Waals surface area contributed by atoms with Gasteiger partial charge in [-0.3, -0.25) is 9.59 Å². The molecule has 0 saturated carbocycles. The van der Waals surface area contributed by atoms with E-state index in [1.165, 1.54) is 25.1 Å². The number of halogens is 1. The Morgan fingerprint density at radius 2 is 1.71 bits per heavy atom. The Hall–Kier alpha value is -3.37. The largest absolute Gasteiger partial charge is 0.451 e. The summed E-state index contributed by atoms with van der Waals surface area (Å²) in [6, 6.07) is 12.4. The second kappa shape index (κ2) is 10.6. The molecule has 1 unspecified atom stereocenters. The molecule has 162 valence electrons. The number of rotatable bonds is 7. The fourth-order valence-electron chi connectivity index (χ4n) is 2.66. The summed E-state index contributed by atoms with van der Waals surface area (Å²) in [6.45, 7) is 6.88. The molecule has 2 rings (SSSR count). The first-order chi connectivity index (χ1) is 14.6. The number of hydrogen-bond acceptors (Lipinski definition) is 5. The van der Waals surface area contributed by atoms with E-state index in [4.69, 9.17) is 21.6 Å². The minimum absolute atomic E-state index is 0.198. The molecule has 0 aliphatic heterocycles. The third-order valence-corrected chi connectivity index (χ3v) is 4.85. The third kappa shape index (κ3) is 6.56. The lowest BCUT2D eigenvalue weighted by Gasteiger charge is -2.23. The molecule has 2 N–H and O–H groups in total. The molecule has 0 aliphatic carbocycles. The van der Waals surface area contributed by atoms with Crippen molar-refractivity contribution in [2.75, 3.05) is 5.32 Å². The van der Waals surface area contributed by atoms with Gasteiger partial charge in [0.2, 0.25) is 0 Å². The number of carbonyl (C=O) groups excluding carboxylic acids is 3. The number of hydrogen-bond donors (Lipinski definition) is 2. The van der Waals surface area contributed by atoms with Crippen LogP contribution in [-0.4, -0.2) is 29.9 Å². The van der Waals surface area contributed by atoms with Crippen LogP contribution in [0, 0.1) is 24.2 Å². The second-order valence-corrected chi connectivity index (χ2v) is 7.84. The van der Waals surface area contributed by atoms with Crippen molar-refractivity contribution in [3.05, 3.63) is 64.2 Å². The van der Waals surface area contributed by atoms with E-state index in [9.17, 15) is 14.4 Å². The van der Waals surface area contributed by atoms with Crippen LogP contribution in [0.25, 0.3) is 0 Å². The fourth-order valence-corrected chi connectivity index (χ4v) is 2.88. The topological polar surface area (TPSA) is 108 Å². The molecular formula is C23H24ClN3O4. The standard InChI is InChI=1S/C23H24ClN3O4/c1-13(2)20(27-22(29)16-7-5-14(3)6-8-16)23(30)31-15(4)21(28)26-18-10-9-17(12-25)19(24)11-18/h5-11,13,15,20H,1-4H3,(H,26,28)(H,27,29)/t15?,20-/m0/s1. The molecule has 0 saturated heterocycles. The van der Waals surface area contributed by atoms with Crippen molar-refractivity contribution in [2.45, 2.75) is 39.8 Å². The monoisotopic (exact) mass is 441 g/mol. The van der Waals surface area contributed by atoms with Gasteiger partial charge in [-0.05, 0) is 50.1 Å². The van der Waals surface area contributed by atoms with Gasteiger partial charge in [-0.2, -0.15) is 5.26 Å². The van der Waals surface area contributed by atoms with Crippen LogP contribution in [0.2, 0.25) is 5.02 Å². The van der Waals surface area contributed by atoms with Crippen molar-refractivity contribution in [1.82, 2.24) is 5.32 Å². The SMILES string of the molecule is Cc1ccc(C(=O)N[C@H](C(=O)OC(C)C(=O)Nc2ccc(C#N)c(Cl)c2)C(C)C)cc1. The van der Waals surface area contributed by atoms with E-state index in [1.54, 1.807) is 38.1 Å². The quantitative estimate of drug-likeness (QED) is 0.634. The van der Waals surface area contributed by atoms with Crippen molar-refractivity contribution in [3.63, 3.8) is 0 Å². The van der Waals surface area contributed by atoms with E-state index in [0.717, 1.165) is 5.56 Å². The van der Waals surface area contributed by atoms with E-state index in [1.807, 2.05) is 13.0 Å². The maximum absolute atomic E-state index is 12.6. The first kappa shape index (κ1) is 23.9. The van der Waals surface area contributed by atoms with Crippen LogP contribution in [0.15, 0.2) is 42.5 Å². The number of nitrogens with zero attached hydrogens (tertiary/aromatic N) is 1. The molecule has 0 radical (unpaired) electrons. The first-order valence-electron chi connectivity index (χ1n) is 9.71. The van der Waals surface area contributed by atoms with Crippen molar-refractivity contribution < 1.29 is 19.1 Å². The molecule has 2 aromatic carbocycles. The van der Waals surface area contributed by atoms with Gasteiger partial charge in [0.25, 0.3) is 11.8 Å². The number of aryl methyl sites for hydroxylation is 1. The Morgan fingerprint density at radius 1 is 1.06 bits per heavy atom. The van der Waals surface area contributed by atoms with Gasteiger partial charge < -0.3 is 15.4 Å². The first-order valence-corrected chi connectivity index (χ1v) is 10.1. The molecule has 0 spiro atoms. The number of carbonyl (C=O) groups is 3. The number of anilines is 1. The molecule has 31 heavy (non-hydrogen) atoms. The van der Waals surface area contributed by atoms with Crippen LogP contribution >= 0.6 is 11.6 Å². The van der Waals surface area contributed by atoms with Gasteiger partial charge in [0.15, 0.2) is 6.10 Å². The van der Waals surface area contributed by atoms with Crippen LogP contribution in [0.3, 0.4) is 0 Å². The number of ether oxygens (including phenoxy) is 1. The highest BCUT2D eigenvalue weighted by Gasteiger charge is 2.29. The molecule has 8 heteroatoms. The predicted octanol–water partition coefficient (Wildman–Crippen LogP) is 3.84. The summed E-state index contributed by atoms with van der Waals surface area (Å²) in [6.07, 6.45) is -1.11. The highest BCUT2D eigenvalue weighted by molar-refractivity contribution is 6.32. The number of nitriles is 1. The summed E-state index contributed by atoms with van der Waals surface area (Å²) in [7, 11) is 0. The molecule has 2 amide bonds. The fraction of sp³-hybridized carbons (Fsp3) is 0.304. The minimum atomic E-state index is -1.11. The normalized spacial score (nSPS) is 12.4. The van der Waals surface area contributed by atoms with E-state index >= 15 is 0 Å². The number of nitrogens with one attached hydrogen (secondary N) is 2. The maximum atomic E-state index is 12.6. The molecule has 0 fully saturated rings. The van der Waals surface area contributed by atoms with Gasteiger partial charge >= 0.3 is 5.97 Å². The number of amides is 2. The van der Waals surface area contributed by atoms with Gasteiger partial charge in [0.05, 0.1) is 10.6 Å². The van der Waals surface area contributed by atoms with Gasteiger partial charge in [0, 0.05) is 11.3 Å². The van der Waals surface area contributed by atoms with Crippen molar-refractivity contribution in [3.8, 4) is 6.07 Å². The lowest BCUT2D eigenvalue weighted by Crippen LogP contribution is -2.47. The zero-order valence-electron chi connectivity index (χ0n) is 17.7. The number of benzene rings is 2. The predicted molar refractivity (Wildman–Crippen MR) is 118 cm³/mol.